The first-order chi connectivity index (χ1) is 11.6. The van der Waals surface area contributed by atoms with Crippen molar-refractivity contribution in [1.29, 1.82) is 5.26 Å². The third-order valence-corrected chi connectivity index (χ3v) is 3.34. The van der Waals surface area contributed by atoms with Gasteiger partial charge >= 0.3 is 0 Å². The van der Waals surface area contributed by atoms with Crippen LogP contribution in [-0.2, 0) is 11.3 Å². The molecule has 0 aliphatic rings. The number of nitrogens with one attached hydrogen (secondary N) is 1. The number of carbonyl (C=O) groups is 1. The Kier molecular flexibility index (Phi) is 5.98. The van der Waals surface area contributed by atoms with Crippen LogP contribution in [0.4, 0.5) is 5.69 Å². The number of carbonyl (C=O) groups excluding carboxylic acids is 1. The zero-order chi connectivity index (χ0) is 17.4. The summed E-state index contributed by atoms with van der Waals surface area (Å²) in [5, 5.41) is 12.0. The van der Waals surface area contributed by atoms with E-state index in [4.69, 9.17) is 4.74 Å². The summed E-state index contributed by atoms with van der Waals surface area (Å²) < 4.78 is 5.19. The van der Waals surface area contributed by atoms with Crippen molar-refractivity contribution >= 4 is 11.6 Å². The molecule has 5 nitrogen and oxygen atoms in total. The van der Waals surface area contributed by atoms with E-state index in [1.807, 2.05) is 49.5 Å². The van der Waals surface area contributed by atoms with Gasteiger partial charge in [0.2, 0.25) is 0 Å². The van der Waals surface area contributed by atoms with Gasteiger partial charge in [0, 0.05) is 19.8 Å². The number of hydrogen-bond donors (Lipinski definition) is 1. The van der Waals surface area contributed by atoms with Gasteiger partial charge in [0.25, 0.3) is 5.91 Å². The second-order valence-electron chi connectivity index (χ2n) is 5.21. The molecule has 1 N–H and O–H groups in total. The number of hydrogen-bond acceptors (Lipinski definition) is 4. The average molecular weight is 321 g/mol. The van der Waals surface area contributed by atoms with Crippen LogP contribution in [0.3, 0.4) is 0 Å². The predicted octanol–water partition coefficient (Wildman–Crippen LogP) is 3.17. The van der Waals surface area contributed by atoms with Crippen molar-refractivity contribution in [3.8, 4) is 11.8 Å². The van der Waals surface area contributed by atoms with Gasteiger partial charge in [0.1, 0.15) is 17.4 Å². The van der Waals surface area contributed by atoms with E-state index in [1.54, 1.807) is 23.1 Å². The minimum Gasteiger partial charge on any atom is -0.495 e. The molecule has 0 aromatic heterocycles. The van der Waals surface area contributed by atoms with E-state index < -0.39 is 5.91 Å². The van der Waals surface area contributed by atoms with Gasteiger partial charge in [-0.15, -0.1) is 0 Å². The van der Waals surface area contributed by atoms with E-state index in [0.29, 0.717) is 18.0 Å². The molecule has 1 amide bonds. The first-order valence-corrected chi connectivity index (χ1v) is 7.44. The fourth-order valence-corrected chi connectivity index (χ4v) is 2.21. The number of rotatable bonds is 6. The Morgan fingerprint density at radius 3 is 2.54 bits per heavy atom. The zero-order valence-electron chi connectivity index (χ0n) is 13.7. The van der Waals surface area contributed by atoms with Gasteiger partial charge in [-0.1, -0.05) is 42.5 Å². The molecule has 0 saturated heterocycles. The van der Waals surface area contributed by atoms with Crippen LogP contribution in [0.15, 0.2) is 66.4 Å². The maximum atomic E-state index is 12.3. The Morgan fingerprint density at radius 1 is 1.21 bits per heavy atom. The molecule has 0 aliphatic carbocycles. The van der Waals surface area contributed by atoms with Crippen molar-refractivity contribution in [2.24, 2.45) is 0 Å². The molecular weight excluding hydrogens is 302 g/mol. The molecule has 0 saturated carbocycles. The number of ether oxygens (including phenoxy) is 1. The van der Waals surface area contributed by atoms with Crippen molar-refractivity contribution in [2.45, 2.75) is 6.54 Å². The molecule has 24 heavy (non-hydrogen) atoms. The quantitative estimate of drug-likeness (QED) is 0.655. The van der Waals surface area contributed by atoms with Crippen molar-refractivity contribution < 1.29 is 9.53 Å². The fraction of sp³-hybridized carbons (Fsp3) is 0.158. The molecule has 0 aliphatic heterocycles. The molecular formula is C19H19N3O2. The highest BCUT2D eigenvalue weighted by Crippen LogP contribution is 2.23. The second-order valence-corrected chi connectivity index (χ2v) is 5.21. The summed E-state index contributed by atoms with van der Waals surface area (Å²) in [6.45, 7) is 0.605. The van der Waals surface area contributed by atoms with Gasteiger partial charge in [-0.25, -0.2) is 0 Å². The van der Waals surface area contributed by atoms with Gasteiger partial charge in [-0.2, -0.15) is 5.26 Å². The number of methoxy groups -OCH3 is 1. The normalized spacial score (nSPS) is 10.6. The lowest BCUT2D eigenvalue weighted by Crippen LogP contribution is -2.18. The molecule has 0 atom stereocenters. The van der Waals surface area contributed by atoms with Crippen LogP contribution in [0, 0.1) is 11.3 Å². The highest BCUT2D eigenvalue weighted by Gasteiger charge is 2.12. The standard InChI is InChI=1S/C19H19N3O2/c1-22(13-15-8-4-3-5-9-15)14-16(12-20)19(23)21-17-10-6-7-11-18(17)24-2/h3-11,14H,13H2,1-2H3,(H,21,23)/b16-14-. The van der Waals surface area contributed by atoms with Crippen molar-refractivity contribution in [3.05, 3.63) is 71.9 Å². The summed E-state index contributed by atoms with van der Waals surface area (Å²) >= 11 is 0. The van der Waals surface area contributed by atoms with Crippen LogP contribution in [0.25, 0.3) is 0 Å². The van der Waals surface area contributed by atoms with Crippen molar-refractivity contribution in [3.63, 3.8) is 0 Å². The minimum atomic E-state index is -0.470. The molecule has 0 spiro atoms. The summed E-state index contributed by atoms with van der Waals surface area (Å²) in [6.07, 6.45) is 1.54. The highest BCUT2D eigenvalue weighted by atomic mass is 16.5. The topological polar surface area (TPSA) is 65.4 Å². The molecule has 0 unspecified atom stereocenters. The molecule has 0 heterocycles. The lowest BCUT2D eigenvalue weighted by atomic mass is 10.2. The smallest absolute Gasteiger partial charge is 0.267 e. The summed E-state index contributed by atoms with van der Waals surface area (Å²) in [6, 6.07) is 18.8. The van der Waals surface area contributed by atoms with E-state index >= 15 is 0 Å². The third kappa shape index (κ3) is 4.62. The molecule has 2 aromatic carbocycles. The lowest BCUT2D eigenvalue weighted by molar-refractivity contribution is -0.112. The first-order valence-electron chi connectivity index (χ1n) is 7.44. The number of benzene rings is 2. The van der Waals surface area contributed by atoms with Gasteiger partial charge < -0.3 is 15.0 Å². The number of nitrogens with zero attached hydrogens (tertiary/aromatic N) is 2. The molecule has 5 heteroatoms. The Hall–Kier alpha value is -3.26. The van der Waals surface area contributed by atoms with Crippen LogP contribution in [0.1, 0.15) is 5.56 Å². The van der Waals surface area contributed by atoms with Gasteiger partial charge in [0.15, 0.2) is 0 Å². The van der Waals surface area contributed by atoms with Crippen LogP contribution in [0.2, 0.25) is 0 Å². The molecule has 122 valence electrons. The first kappa shape index (κ1) is 17.1. The summed E-state index contributed by atoms with van der Waals surface area (Å²) in [5.41, 5.74) is 1.65. The van der Waals surface area contributed by atoms with Gasteiger partial charge in [0.05, 0.1) is 12.8 Å². The molecule has 0 radical (unpaired) electrons. The maximum absolute atomic E-state index is 12.3. The zero-order valence-corrected chi connectivity index (χ0v) is 13.7. The monoisotopic (exact) mass is 321 g/mol. The van der Waals surface area contributed by atoms with Gasteiger partial charge in [-0.05, 0) is 17.7 Å². The van der Waals surface area contributed by atoms with Crippen LogP contribution in [-0.4, -0.2) is 25.0 Å². The summed E-state index contributed by atoms with van der Waals surface area (Å²) in [5.74, 6) is 0.0719. The predicted molar refractivity (Wildman–Crippen MR) is 93.2 cm³/mol. The Bertz CT molecular complexity index is 764. The van der Waals surface area contributed by atoms with Crippen LogP contribution >= 0.6 is 0 Å². The Balaban J connectivity index is 2.09. The molecule has 0 bridgehead atoms. The van der Waals surface area contributed by atoms with E-state index in [-0.39, 0.29) is 5.57 Å². The van der Waals surface area contributed by atoms with E-state index in [1.165, 1.54) is 13.3 Å². The third-order valence-electron chi connectivity index (χ3n) is 3.34. The Morgan fingerprint density at radius 2 is 1.88 bits per heavy atom. The summed E-state index contributed by atoms with van der Waals surface area (Å²) in [4.78, 5) is 14.1. The fourth-order valence-electron chi connectivity index (χ4n) is 2.21. The highest BCUT2D eigenvalue weighted by molar-refractivity contribution is 6.07. The average Bonchev–Trinajstić information content (AvgIpc) is 2.61. The SMILES string of the molecule is COc1ccccc1NC(=O)/C(C#N)=C\N(C)Cc1ccccc1. The van der Waals surface area contributed by atoms with Crippen molar-refractivity contribution in [2.75, 3.05) is 19.5 Å². The number of anilines is 1. The van der Waals surface area contributed by atoms with E-state index in [9.17, 15) is 10.1 Å². The van der Waals surface area contributed by atoms with E-state index in [0.717, 1.165) is 5.56 Å². The number of amides is 1. The molecule has 0 fully saturated rings. The van der Waals surface area contributed by atoms with E-state index in [2.05, 4.69) is 5.32 Å². The lowest BCUT2D eigenvalue weighted by Gasteiger charge is -2.15. The maximum Gasteiger partial charge on any atom is 0.267 e. The summed E-state index contributed by atoms with van der Waals surface area (Å²) in [7, 11) is 3.35. The molecule has 2 aromatic rings. The largest absolute Gasteiger partial charge is 0.495 e. The van der Waals surface area contributed by atoms with Crippen molar-refractivity contribution in [1.82, 2.24) is 4.90 Å². The number of para-hydroxylation sites is 2. The number of nitriles is 1. The Labute approximate surface area is 141 Å². The van der Waals surface area contributed by atoms with Gasteiger partial charge in [-0.3, -0.25) is 4.79 Å². The van der Waals surface area contributed by atoms with Crippen LogP contribution in [0.5, 0.6) is 5.75 Å². The second kappa shape index (κ2) is 8.39. The molecule has 2 rings (SSSR count). The minimum absolute atomic E-state index is 0.0272. The van der Waals surface area contributed by atoms with Crippen LogP contribution < -0.4 is 10.1 Å².